The number of hydrogen-bond donors (Lipinski definition) is 0. The summed E-state index contributed by atoms with van der Waals surface area (Å²) in [6.45, 7) is 6.60. The van der Waals surface area contributed by atoms with Crippen LogP contribution < -0.4 is 9.64 Å². The van der Waals surface area contributed by atoms with Crippen LogP contribution in [0.15, 0.2) is 36.9 Å². The number of rotatable bonds is 6. The largest absolute Gasteiger partial charge is 0.497 e. The number of piperazine rings is 1. The highest BCUT2D eigenvalue weighted by atomic mass is 32.1. The van der Waals surface area contributed by atoms with Crippen molar-refractivity contribution in [2.45, 2.75) is 38.5 Å². The van der Waals surface area contributed by atoms with E-state index in [1.54, 1.807) is 7.11 Å². The van der Waals surface area contributed by atoms with Crippen molar-refractivity contribution in [3.8, 4) is 5.75 Å². The second kappa shape index (κ2) is 9.51. The van der Waals surface area contributed by atoms with E-state index >= 15 is 0 Å². The Kier molecular flexibility index (Phi) is 6.31. The van der Waals surface area contributed by atoms with Crippen LogP contribution in [0.1, 0.15) is 34.7 Å². The number of anilines is 1. The van der Waals surface area contributed by atoms with Crippen LogP contribution in [0.25, 0.3) is 10.2 Å². The van der Waals surface area contributed by atoms with Crippen molar-refractivity contribution in [1.29, 1.82) is 0 Å². The predicted molar refractivity (Wildman–Crippen MR) is 133 cm³/mol. The summed E-state index contributed by atoms with van der Waals surface area (Å²) in [6.07, 6.45) is 7.86. The lowest BCUT2D eigenvalue weighted by Crippen LogP contribution is -2.48. The Morgan fingerprint density at radius 1 is 1.09 bits per heavy atom. The Balaban J connectivity index is 1.44. The SMILES string of the molecule is C=CC(=O)N1CCN(c2nc(CCc3ccc(OC)cc3)nc3sc4c(c23)CCCC4)CC1. The first-order valence-corrected chi connectivity index (χ1v) is 12.6. The Morgan fingerprint density at radius 2 is 1.85 bits per heavy atom. The van der Waals surface area contributed by atoms with Crippen molar-refractivity contribution in [3.63, 3.8) is 0 Å². The number of benzene rings is 1. The van der Waals surface area contributed by atoms with E-state index in [1.165, 1.54) is 40.3 Å². The van der Waals surface area contributed by atoms with Crippen LogP contribution in [0.4, 0.5) is 5.82 Å². The third-order valence-electron chi connectivity index (χ3n) is 6.70. The Bertz CT molecular complexity index is 1160. The molecular formula is C26H30N4O2S. The second-order valence-corrected chi connectivity index (χ2v) is 9.80. The lowest BCUT2D eigenvalue weighted by atomic mass is 9.96. The summed E-state index contributed by atoms with van der Waals surface area (Å²) < 4.78 is 5.27. The van der Waals surface area contributed by atoms with E-state index in [0.29, 0.717) is 13.1 Å². The van der Waals surface area contributed by atoms with Gasteiger partial charge in [0.1, 0.15) is 22.2 Å². The zero-order valence-electron chi connectivity index (χ0n) is 19.2. The number of hydrogen-bond acceptors (Lipinski definition) is 6. The molecule has 1 aliphatic heterocycles. The zero-order chi connectivity index (χ0) is 22.8. The van der Waals surface area contributed by atoms with Crippen molar-refractivity contribution in [1.82, 2.24) is 14.9 Å². The maximum atomic E-state index is 12.0. The van der Waals surface area contributed by atoms with Gasteiger partial charge in [-0.2, -0.15) is 0 Å². The molecule has 0 atom stereocenters. The number of fused-ring (bicyclic) bond motifs is 3. The standard InChI is InChI=1S/C26H30N4O2S/c1-3-23(31)29-14-16-30(17-15-29)25-24-20-6-4-5-7-21(20)33-26(24)28-22(27-25)13-10-18-8-11-19(32-2)12-9-18/h3,8-9,11-12H,1,4-7,10,13-17H2,2H3. The minimum absolute atomic E-state index is 0.00979. The van der Waals surface area contributed by atoms with Gasteiger partial charge >= 0.3 is 0 Å². The number of nitrogens with zero attached hydrogens (tertiary/aromatic N) is 4. The summed E-state index contributed by atoms with van der Waals surface area (Å²) in [5, 5.41) is 1.26. The highest BCUT2D eigenvalue weighted by Gasteiger charge is 2.26. The molecule has 2 aliphatic rings. The fraction of sp³-hybridized carbons (Fsp3) is 0.423. The smallest absolute Gasteiger partial charge is 0.246 e. The Hall–Kier alpha value is -2.93. The molecule has 0 bridgehead atoms. The number of amides is 1. The molecule has 1 aromatic carbocycles. The van der Waals surface area contributed by atoms with Gasteiger partial charge in [-0.1, -0.05) is 18.7 Å². The van der Waals surface area contributed by atoms with Crippen molar-refractivity contribution in [2.24, 2.45) is 0 Å². The lowest BCUT2D eigenvalue weighted by Gasteiger charge is -2.35. The Labute approximate surface area is 198 Å². The van der Waals surface area contributed by atoms with Crippen molar-refractivity contribution in [3.05, 3.63) is 58.7 Å². The van der Waals surface area contributed by atoms with E-state index in [-0.39, 0.29) is 5.91 Å². The molecular weight excluding hydrogens is 432 g/mol. The summed E-state index contributed by atoms with van der Waals surface area (Å²) in [7, 11) is 1.69. The molecule has 0 saturated carbocycles. The van der Waals surface area contributed by atoms with Gasteiger partial charge in [0.25, 0.3) is 0 Å². The number of thiophene rings is 1. The second-order valence-electron chi connectivity index (χ2n) is 8.72. The summed E-state index contributed by atoms with van der Waals surface area (Å²) >= 11 is 1.86. The summed E-state index contributed by atoms with van der Waals surface area (Å²) in [6, 6.07) is 8.22. The van der Waals surface area contributed by atoms with Gasteiger partial charge < -0.3 is 14.5 Å². The quantitative estimate of drug-likeness (QED) is 0.514. The summed E-state index contributed by atoms with van der Waals surface area (Å²) in [4.78, 5) is 29.0. The average molecular weight is 463 g/mol. The van der Waals surface area contributed by atoms with E-state index < -0.39 is 0 Å². The molecule has 1 amide bonds. The monoisotopic (exact) mass is 462 g/mol. The van der Waals surface area contributed by atoms with Gasteiger partial charge in [-0.05, 0) is 61.4 Å². The van der Waals surface area contributed by atoms with Crippen molar-refractivity contribution >= 4 is 33.3 Å². The molecule has 172 valence electrons. The number of carbonyl (C=O) groups is 1. The van der Waals surface area contributed by atoms with Crippen LogP contribution in [0.2, 0.25) is 0 Å². The molecule has 2 aromatic heterocycles. The maximum Gasteiger partial charge on any atom is 0.246 e. The predicted octanol–water partition coefficient (Wildman–Crippen LogP) is 4.20. The third kappa shape index (κ3) is 4.47. The average Bonchev–Trinajstić information content (AvgIpc) is 3.25. The normalized spacial score (nSPS) is 16.0. The zero-order valence-corrected chi connectivity index (χ0v) is 20.0. The highest BCUT2D eigenvalue weighted by molar-refractivity contribution is 7.19. The lowest BCUT2D eigenvalue weighted by molar-refractivity contribution is -0.126. The van der Waals surface area contributed by atoms with Crippen LogP contribution in [0, 0.1) is 0 Å². The van der Waals surface area contributed by atoms with Gasteiger partial charge in [0.15, 0.2) is 0 Å². The van der Waals surface area contributed by atoms with E-state index in [9.17, 15) is 4.79 Å². The molecule has 1 fully saturated rings. The summed E-state index contributed by atoms with van der Waals surface area (Å²) in [5.74, 6) is 2.85. The van der Waals surface area contributed by atoms with Crippen LogP contribution in [-0.4, -0.2) is 54.1 Å². The highest BCUT2D eigenvalue weighted by Crippen LogP contribution is 2.40. The molecule has 0 unspecified atom stereocenters. The third-order valence-corrected chi connectivity index (χ3v) is 7.89. The number of methoxy groups -OCH3 is 1. The molecule has 0 radical (unpaired) electrons. The molecule has 0 spiro atoms. The van der Waals surface area contributed by atoms with Gasteiger partial charge in [-0.15, -0.1) is 11.3 Å². The fourth-order valence-corrected chi connectivity index (χ4v) is 6.11. The van der Waals surface area contributed by atoms with Crippen molar-refractivity contribution in [2.75, 3.05) is 38.2 Å². The molecule has 6 nitrogen and oxygen atoms in total. The fourth-order valence-electron chi connectivity index (χ4n) is 4.84. The molecule has 3 aromatic rings. The minimum Gasteiger partial charge on any atom is -0.497 e. The maximum absolute atomic E-state index is 12.0. The molecule has 33 heavy (non-hydrogen) atoms. The first kappa shape index (κ1) is 21.9. The van der Waals surface area contributed by atoms with Gasteiger partial charge in [-0.25, -0.2) is 9.97 Å². The van der Waals surface area contributed by atoms with Crippen LogP contribution >= 0.6 is 11.3 Å². The molecule has 3 heterocycles. The molecule has 1 aliphatic carbocycles. The van der Waals surface area contributed by atoms with Gasteiger partial charge in [0, 0.05) is 37.5 Å². The molecule has 7 heteroatoms. The van der Waals surface area contributed by atoms with Crippen LogP contribution in [0.3, 0.4) is 0 Å². The van der Waals surface area contributed by atoms with Gasteiger partial charge in [0.2, 0.25) is 5.91 Å². The first-order valence-electron chi connectivity index (χ1n) is 11.8. The van der Waals surface area contributed by atoms with Crippen molar-refractivity contribution < 1.29 is 9.53 Å². The van der Waals surface area contributed by atoms with E-state index in [1.807, 2.05) is 28.4 Å². The van der Waals surface area contributed by atoms with E-state index in [4.69, 9.17) is 14.7 Å². The Morgan fingerprint density at radius 3 is 2.58 bits per heavy atom. The number of ether oxygens (including phenoxy) is 1. The van der Waals surface area contributed by atoms with Crippen LogP contribution in [-0.2, 0) is 30.5 Å². The minimum atomic E-state index is 0.00979. The van der Waals surface area contributed by atoms with Gasteiger partial charge in [-0.3, -0.25) is 4.79 Å². The molecule has 5 rings (SSSR count). The van der Waals surface area contributed by atoms with Gasteiger partial charge in [0.05, 0.1) is 12.5 Å². The van der Waals surface area contributed by atoms with Crippen LogP contribution in [0.5, 0.6) is 5.75 Å². The first-order chi connectivity index (χ1) is 16.2. The number of carbonyl (C=O) groups excluding carboxylic acids is 1. The molecule has 1 saturated heterocycles. The van der Waals surface area contributed by atoms with E-state index in [2.05, 4.69) is 23.6 Å². The summed E-state index contributed by atoms with van der Waals surface area (Å²) in [5.41, 5.74) is 2.71. The number of aryl methyl sites for hydroxylation is 4. The number of aromatic nitrogens is 2. The van der Waals surface area contributed by atoms with E-state index in [0.717, 1.165) is 61.0 Å². The molecule has 0 N–H and O–H groups in total. The topological polar surface area (TPSA) is 58.6 Å².